The fourth-order valence-corrected chi connectivity index (χ4v) is 3.65. The summed E-state index contributed by atoms with van der Waals surface area (Å²) in [7, 11) is 0. The molecule has 0 radical (unpaired) electrons. The highest BCUT2D eigenvalue weighted by molar-refractivity contribution is 6.42. The van der Waals surface area contributed by atoms with E-state index in [0.717, 1.165) is 24.0 Å². The van der Waals surface area contributed by atoms with Crippen LogP contribution in [-0.4, -0.2) is 35.8 Å². The predicted octanol–water partition coefficient (Wildman–Crippen LogP) is 5.30. The van der Waals surface area contributed by atoms with Gasteiger partial charge in [-0.2, -0.15) is 0 Å². The molecule has 4 nitrogen and oxygen atoms in total. The Labute approximate surface area is 189 Å². The minimum absolute atomic E-state index is 0.0955. The second kappa shape index (κ2) is 12.6. The van der Waals surface area contributed by atoms with Crippen molar-refractivity contribution in [3.05, 3.63) is 69.7 Å². The summed E-state index contributed by atoms with van der Waals surface area (Å²) >= 11 is 12.1. The summed E-state index contributed by atoms with van der Waals surface area (Å²) < 4.78 is 0. The van der Waals surface area contributed by atoms with Crippen LogP contribution in [0.4, 0.5) is 0 Å². The second-order valence-electron chi connectivity index (χ2n) is 7.32. The Morgan fingerprint density at radius 2 is 1.73 bits per heavy atom. The van der Waals surface area contributed by atoms with Crippen LogP contribution in [0.25, 0.3) is 0 Å². The van der Waals surface area contributed by atoms with E-state index in [1.54, 1.807) is 23.1 Å². The van der Waals surface area contributed by atoms with Crippen molar-refractivity contribution in [2.45, 2.75) is 52.0 Å². The summed E-state index contributed by atoms with van der Waals surface area (Å²) in [5.41, 5.74) is 1.91. The first-order valence-corrected chi connectivity index (χ1v) is 11.3. The Balaban J connectivity index is 2.17. The molecule has 1 N–H and O–H groups in total. The van der Waals surface area contributed by atoms with Gasteiger partial charge in [-0.15, -0.1) is 0 Å². The van der Waals surface area contributed by atoms with Gasteiger partial charge in [0, 0.05) is 13.1 Å². The van der Waals surface area contributed by atoms with Gasteiger partial charge >= 0.3 is 0 Å². The minimum atomic E-state index is -0.499. The van der Waals surface area contributed by atoms with Crippen LogP contribution in [0.5, 0.6) is 0 Å². The van der Waals surface area contributed by atoms with E-state index in [2.05, 4.69) is 12.2 Å². The molecule has 0 aliphatic heterocycles. The zero-order valence-electron chi connectivity index (χ0n) is 17.7. The fraction of sp³-hybridized carbons (Fsp3) is 0.417. The third kappa shape index (κ3) is 7.33. The van der Waals surface area contributed by atoms with Crippen LogP contribution < -0.4 is 5.32 Å². The normalized spacial score (nSPS) is 11.7. The van der Waals surface area contributed by atoms with Crippen LogP contribution in [0.2, 0.25) is 10.0 Å². The fourth-order valence-electron chi connectivity index (χ4n) is 3.33. The Kier molecular flexibility index (Phi) is 10.2. The number of carbonyl (C=O) groups is 2. The average Bonchev–Trinajstić information content (AvgIpc) is 2.74. The number of amides is 2. The predicted molar refractivity (Wildman–Crippen MR) is 124 cm³/mol. The molecule has 0 spiro atoms. The van der Waals surface area contributed by atoms with Crippen LogP contribution in [0.3, 0.4) is 0 Å². The molecule has 0 fully saturated rings. The molecule has 0 unspecified atom stereocenters. The van der Waals surface area contributed by atoms with Crippen LogP contribution in [0.15, 0.2) is 48.5 Å². The van der Waals surface area contributed by atoms with Gasteiger partial charge in [-0.25, -0.2) is 0 Å². The summed E-state index contributed by atoms with van der Waals surface area (Å²) in [6, 6.07) is 14.7. The van der Waals surface area contributed by atoms with Gasteiger partial charge in [0.05, 0.1) is 16.5 Å². The van der Waals surface area contributed by atoms with Crippen LogP contribution in [0.1, 0.15) is 44.2 Å². The number of halogens is 2. The lowest BCUT2D eigenvalue weighted by atomic mass is 10.1. The molecule has 1 atom stereocenters. The van der Waals surface area contributed by atoms with E-state index in [9.17, 15) is 9.59 Å². The average molecular weight is 449 g/mol. The van der Waals surface area contributed by atoms with Crippen molar-refractivity contribution in [2.24, 2.45) is 0 Å². The lowest BCUT2D eigenvalue weighted by Gasteiger charge is -2.31. The summed E-state index contributed by atoms with van der Waals surface area (Å²) in [6.45, 7) is 5.12. The minimum Gasteiger partial charge on any atom is -0.354 e. The van der Waals surface area contributed by atoms with E-state index < -0.39 is 6.04 Å². The van der Waals surface area contributed by atoms with Crippen LogP contribution in [0, 0.1) is 0 Å². The van der Waals surface area contributed by atoms with Gasteiger partial charge in [0.2, 0.25) is 11.8 Å². The Bertz CT molecular complexity index is 827. The first-order valence-electron chi connectivity index (χ1n) is 10.5. The highest BCUT2D eigenvalue weighted by Gasteiger charge is 2.28. The van der Waals surface area contributed by atoms with Gasteiger partial charge in [0.1, 0.15) is 6.04 Å². The number of nitrogens with one attached hydrogen (secondary N) is 1. The van der Waals surface area contributed by atoms with Crippen molar-refractivity contribution in [1.29, 1.82) is 0 Å². The maximum absolute atomic E-state index is 13.2. The maximum Gasteiger partial charge on any atom is 0.242 e. The molecule has 30 heavy (non-hydrogen) atoms. The number of rotatable bonds is 11. The number of unbranched alkanes of at least 4 members (excludes halogenated alkanes) is 1. The number of hydrogen-bond donors (Lipinski definition) is 1. The second-order valence-corrected chi connectivity index (χ2v) is 8.13. The van der Waals surface area contributed by atoms with Crippen LogP contribution in [-0.2, 0) is 22.4 Å². The standard InChI is InChI=1S/C24H30Cl2N2O2/c1-3-5-14-27-24(30)22(4-2)28(15-13-18-9-7-6-8-10-18)23(29)17-19-11-12-20(25)21(26)16-19/h6-12,16,22H,3-5,13-15,17H2,1-2H3,(H,27,30)/t22-/m0/s1. The van der Waals surface area contributed by atoms with Crippen molar-refractivity contribution in [3.8, 4) is 0 Å². The molecule has 2 rings (SSSR count). The monoisotopic (exact) mass is 448 g/mol. The lowest BCUT2D eigenvalue weighted by Crippen LogP contribution is -2.50. The molecule has 2 aromatic carbocycles. The summed E-state index contributed by atoms with van der Waals surface area (Å²) in [5.74, 6) is -0.191. The van der Waals surface area contributed by atoms with Gasteiger partial charge in [-0.05, 0) is 42.5 Å². The molecule has 0 saturated carbocycles. The zero-order valence-corrected chi connectivity index (χ0v) is 19.2. The molecule has 0 saturated heterocycles. The van der Waals surface area contributed by atoms with Crippen molar-refractivity contribution >= 4 is 35.0 Å². The Hall–Kier alpha value is -2.04. The Morgan fingerprint density at radius 1 is 1.00 bits per heavy atom. The zero-order chi connectivity index (χ0) is 21.9. The molecule has 0 aliphatic carbocycles. The summed E-state index contributed by atoms with van der Waals surface area (Å²) in [5, 5.41) is 3.85. The molecule has 6 heteroatoms. The molecular weight excluding hydrogens is 419 g/mol. The Morgan fingerprint density at radius 3 is 2.37 bits per heavy atom. The molecule has 0 heterocycles. The van der Waals surface area contributed by atoms with Crippen molar-refractivity contribution in [1.82, 2.24) is 10.2 Å². The van der Waals surface area contributed by atoms with Gasteiger partial charge in [0.25, 0.3) is 0 Å². The largest absolute Gasteiger partial charge is 0.354 e. The molecule has 2 aromatic rings. The van der Waals surface area contributed by atoms with Crippen molar-refractivity contribution in [2.75, 3.05) is 13.1 Å². The number of benzene rings is 2. The van der Waals surface area contributed by atoms with Gasteiger partial charge in [0.15, 0.2) is 0 Å². The van der Waals surface area contributed by atoms with E-state index in [0.29, 0.717) is 36.0 Å². The van der Waals surface area contributed by atoms with E-state index in [1.807, 2.05) is 37.3 Å². The van der Waals surface area contributed by atoms with E-state index in [-0.39, 0.29) is 18.2 Å². The van der Waals surface area contributed by atoms with E-state index >= 15 is 0 Å². The first kappa shape index (κ1) is 24.2. The quantitative estimate of drug-likeness (QED) is 0.473. The number of carbonyl (C=O) groups excluding carboxylic acids is 2. The highest BCUT2D eigenvalue weighted by atomic mass is 35.5. The third-order valence-electron chi connectivity index (χ3n) is 5.04. The molecule has 0 aromatic heterocycles. The number of hydrogen-bond acceptors (Lipinski definition) is 2. The maximum atomic E-state index is 13.2. The molecule has 0 aliphatic rings. The topological polar surface area (TPSA) is 49.4 Å². The summed E-state index contributed by atoms with van der Waals surface area (Å²) in [4.78, 5) is 27.8. The lowest BCUT2D eigenvalue weighted by molar-refractivity contribution is -0.140. The number of nitrogens with zero attached hydrogens (tertiary/aromatic N) is 1. The van der Waals surface area contributed by atoms with Crippen molar-refractivity contribution < 1.29 is 9.59 Å². The van der Waals surface area contributed by atoms with Crippen LogP contribution >= 0.6 is 23.2 Å². The highest BCUT2D eigenvalue weighted by Crippen LogP contribution is 2.23. The third-order valence-corrected chi connectivity index (χ3v) is 5.78. The molecule has 162 valence electrons. The van der Waals surface area contributed by atoms with Gasteiger partial charge < -0.3 is 10.2 Å². The first-order chi connectivity index (χ1) is 14.5. The smallest absolute Gasteiger partial charge is 0.242 e. The van der Waals surface area contributed by atoms with Gasteiger partial charge in [-0.1, -0.05) is 79.9 Å². The van der Waals surface area contributed by atoms with Crippen molar-refractivity contribution in [3.63, 3.8) is 0 Å². The van der Waals surface area contributed by atoms with E-state index in [4.69, 9.17) is 23.2 Å². The molecular formula is C24H30Cl2N2O2. The van der Waals surface area contributed by atoms with Gasteiger partial charge in [-0.3, -0.25) is 9.59 Å². The SMILES string of the molecule is CCCCNC(=O)[C@H](CC)N(CCc1ccccc1)C(=O)Cc1ccc(Cl)c(Cl)c1. The summed E-state index contributed by atoms with van der Waals surface area (Å²) in [6.07, 6.45) is 3.34. The molecule has 0 bridgehead atoms. The van der Waals surface area contributed by atoms with E-state index in [1.165, 1.54) is 0 Å². The molecule has 2 amide bonds.